The van der Waals surface area contributed by atoms with Crippen LogP contribution in [0.2, 0.25) is 0 Å². The summed E-state index contributed by atoms with van der Waals surface area (Å²) in [6.07, 6.45) is 8.51. The summed E-state index contributed by atoms with van der Waals surface area (Å²) in [6.45, 7) is 6.77. The highest BCUT2D eigenvalue weighted by Gasteiger charge is 2.34. The summed E-state index contributed by atoms with van der Waals surface area (Å²) >= 11 is 0. The van der Waals surface area contributed by atoms with Crippen molar-refractivity contribution in [1.82, 2.24) is 18.6 Å². The lowest BCUT2D eigenvalue weighted by atomic mass is 9.93. The average Bonchev–Trinajstić information content (AvgIpc) is 3.24. The van der Waals surface area contributed by atoms with Crippen LogP contribution >= 0.6 is 0 Å². The Bertz CT molecular complexity index is 765. The number of hydrogen-bond donors (Lipinski definition) is 0. The molecule has 0 radical (unpaired) electrons. The Morgan fingerprint density at radius 2 is 1.50 bits per heavy atom. The van der Waals surface area contributed by atoms with Gasteiger partial charge in [-0.1, -0.05) is 0 Å². The van der Waals surface area contributed by atoms with Crippen molar-refractivity contribution in [3.05, 3.63) is 17.6 Å². The molecule has 4 heterocycles. The molecule has 0 saturated carbocycles. The van der Waals surface area contributed by atoms with Crippen molar-refractivity contribution in [2.75, 3.05) is 44.2 Å². The summed E-state index contributed by atoms with van der Waals surface area (Å²) in [5.41, 5.74) is 1.11. The molecule has 7 nitrogen and oxygen atoms in total. The quantitative estimate of drug-likeness (QED) is 0.749. The van der Waals surface area contributed by atoms with Crippen molar-refractivity contribution < 1.29 is 8.42 Å². The molecular weight excluding hydrogens is 374 g/mol. The summed E-state index contributed by atoms with van der Waals surface area (Å²) < 4.78 is 28.8. The molecule has 1 aromatic rings. The van der Waals surface area contributed by atoms with E-state index in [0.29, 0.717) is 32.1 Å². The summed E-state index contributed by atoms with van der Waals surface area (Å²) in [5.74, 6) is 2.40. The Balaban J connectivity index is 1.36. The second-order valence-electron chi connectivity index (χ2n) is 8.47. The molecule has 3 fully saturated rings. The molecule has 0 spiro atoms. The summed E-state index contributed by atoms with van der Waals surface area (Å²) in [4.78, 5) is 11.7. The molecule has 3 aliphatic rings. The van der Waals surface area contributed by atoms with Crippen LogP contribution in [0.25, 0.3) is 0 Å². The topological polar surface area (TPSA) is 69.6 Å². The zero-order chi connectivity index (χ0) is 19.6. The van der Waals surface area contributed by atoms with Gasteiger partial charge in [-0.2, -0.15) is 17.0 Å². The number of aryl methyl sites for hydroxylation is 1. The number of aromatic nitrogens is 2. The summed E-state index contributed by atoms with van der Waals surface area (Å²) in [7, 11) is -3.25. The lowest BCUT2D eigenvalue weighted by Crippen LogP contribution is -2.46. The van der Waals surface area contributed by atoms with E-state index in [-0.39, 0.29) is 0 Å². The van der Waals surface area contributed by atoms with E-state index in [1.54, 1.807) is 8.61 Å². The minimum Gasteiger partial charge on any atom is -0.357 e. The lowest BCUT2D eigenvalue weighted by Gasteiger charge is -2.33. The Kier molecular flexibility index (Phi) is 6.18. The van der Waals surface area contributed by atoms with Crippen molar-refractivity contribution in [3.63, 3.8) is 0 Å². The molecule has 1 aromatic heterocycles. The third-order valence-corrected chi connectivity index (χ3v) is 8.38. The molecule has 4 rings (SSSR count). The fourth-order valence-electron chi connectivity index (χ4n) is 4.72. The molecule has 0 N–H and O–H groups in total. The fraction of sp³-hybridized carbons (Fsp3) is 0.800. The van der Waals surface area contributed by atoms with Crippen molar-refractivity contribution >= 4 is 16.0 Å². The van der Waals surface area contributed by atoms with E-state index in [1.165, 1.54) is 19.3 Å². The number of rotatable bonds is 5. The standard InChI is InChI=1S/C20H33N5O2S/c1-17-21-19(16-20(22-17)23-9-3-2-4-10-23)15-18-7-13-25(14-8-18)28(26,27)24-11-5-6-12-24/h16,18H,2-15H2,1H3. The van der Waals surface area contributed by atoms with E-state index in [4.69, 9.17) is 0 Å². The maximum absolute atomic E-state index is 12.7. The highest BCUT2D eigenvalue weighted by molar-refractivity contribution is 7.86. The third-order valence-electron chi connectivity index (χ3n) is 6.35. The first-order valence-electron chi connectivity index (χ1n) is 10.9. The van der Waals surface area contributed by atoms with Gasteiger partial charge < -0.3 is 4.90 Å². The smallest absolute Gasteiger partial charge is 0.281 e. The fourth-order valence-corrected chi connectivity index (χ4v) is 6.44. The van der Waals surface area contributed by atoms with Gasteiger partial charge in [0.1, 0.15) is 11.6 Å². The van der Waals surface area contributed by atoms with Crippen molar-refractivity contribution in [2.45, 2.75) is 58.3 Å². The number of piperidine rings is 2. The van der Waals surface area contributed by atoms with Crippen LogP contribution in [0.4, 0.5) is 5.82 Å². The second kappa shape index (κ2) is 8.63. The van der Waals surface area contributed by atoms with Crippen LogP contribution in [0.1, 0.15) is 56.5 Å². The molecule has 156 valence electrons. The first-order valence-corrected chi connectivity index (χ1v) is 12.3. The van der Waals surface area contributed by atoms with Gasteiger partial charge in [0.15, 0.2) is 0 Å². The predicted octanol–water partition coefficient (Wildman–Crippen LogP) is 2.37. The molecule has 3 aliphatic heterocycles. The minimum atomic E-state index is -3.25. The zero-order valence-corrected chi connectivity index (χ0v) is 17.8. The minimum absolute atomic E-state index is 0.494. The number of anilines is 1. The summed E-state index contributed by atoms with van der Waals surface area (Å²) in [5, 5.41) is 0. The molecule has 0 aliphatic carbocycles. The van der Waals surface area contributed by atoms with Gasteiger partial charge in [-0.25, -0.2) is 9.97 Å². The molecule has 8 heteroatoms. The SMILES string of the molecule is Cc1nc(CC2CCN(S(=O)(=O)N3CCCC3)CC2)cc(N2CCCCC2)n1. The Hall–Kier alpha value is -1.25. The maximum atomic E-state index is 12.7. The third kappa shape index (κ3) is 4.49. The molecule has 0 bridgehead atoms. The summed E-state index contributed by atoms with van der Waals surface area (Å²) in [6, 6.07) is 2.16. The van der Waals surface area contributed by atoms with E-state index < -0.39 is 10.2 Å². The first kappa shape index (κ1) is 20.0. The molecule has 0 atom stereocenters. The van der Waals surface area contributed by atoms with Crippen molar-refractivity contribution in [2.24, 2.45) is 5.92 Å². The molecule has 0 unspecified atom stereocenters. The van der Waals surface area contributed by atoms with Gasteiger partial charge in [-0.05, 0) is 64.2 Å². The van der Waals surface area contributed by atoms with Gasteiger partial charge >= 0.3 is 0 Å². The van der Waals surface area contributed by atoms with Crippen LogP contribution in [0, 0.1) is 12.8 Å². The first-order chi connectivity index (χ1) is 13.5. The van der Waals surface area contributed by atoms with Crippen LogP contribution in [0.3, 0.4) is 0 Å². The van der Waals surface area contributed by atoms with Gasteiger partial charge in [0.05, 0.1) is 0 Å². The maximum Gasteiger partial charge on any atom is 0.281 e. The second-order valence-corrected chi connectivity index (χ2v) is 10.4. The average molecular weight is 408 g/mol. The van der Waals surface area contributed by atoms with Gasteiger partial charge in [0.25, 0.3) is 10.2 Å². The predicted molar refractivity (Wildman–Crippen MR) is 111 cm³/mol. The highest BCUT2D eigenvalue weighted by atomic mass is 32.2. The van der Waals surface area contributed by atoms with Gasteiger partial charge in [-0.3, -0.25) is 0 Å². The van der Waals surface area contributed by atoms with E-state index in [1.807, 2.05) is 6.92 Å². The zero-order valence-electron chi connectivity index (χ0n) is 17.0. The van der Waals surface area contributed by atoms with E-state index in [0.717, 1.165) is 62.5 Å². The molecule has 0 aromatic carbocycles. The molecular formula is C20H33N5O2S. The van der Waals surface area contributed by atoms with Crippen molar-refractivity contribution in [1.29, 1.82) is 0 Å². The highest BCUT2D eigenvalue weighted by Crippen LogP contribution is 2.27. The Morgan fingerprint density at radius 1 is 0.893 bits per heavy atom. The van der Waals surface area contributed by atoms with Crippen LogP contribution in [-0.4, -0.2) is 66.3 Å². The number of hydrogen-bond acceptors (Lipinski definition) is 5. The van der Waals surface area contributed by atoms with E-state index in [2.05, 4.69) is 20.9 Å². The van der Waals surface area contributed by atoms with E-state index in [9.17, 15) is 8.42 Å². The van der Waals surface area contributed by atoms with Crippen LogP contribution < -0.4 is 4.90 Å². The van der Waals surface area contributed by atoms with Crippen molar-refractivity contribution in [3.8, 4) is 0 Å². The van der Waals surface area contributed by atoms with Crippen LogP contribution in [0.15, 0.2) is 6.07 Å². The molecule has 3 saturated heterocycles. The van der Waals surface area contributed by atoms with Crippen LogP contribution in [0.5, 0.6) is 0 Å². The Labute approximate surface area is 169 Å². The van der Waals surface area contributed by atoms with Gasteiger partial charge in [0, 0.05) is 51.0 Å². The number of nitrogens with zero attached hydrogens (tertiary/aromatic N) is 5. The van der Waals surface area contributed by atoms with Crippen LogP contribution in [-0.2, 0) is 16.6 Å². The largest absolute Gasteiger partial charge is 0.357 e. The monoisotopic (exact) mass is 407 g/mol. The molecule has 0 amide bonds. The van der Waals surface area contributed by atoms with Gasteiger partial charge in [0.2, 0.25) is 0 Å². The normalized spacial score (nSPS) is 23.4. The Morgan fingerprint density at radius 3 is 2.18 bits per heavy atom. The lowest BCUT2D eigenvalue weighted by molar-refractivity contribution is 0.257. The van der Waals surface area contributed by atoms with Gasteiger partial charge in [-0.15, -0.1) is 0 Å². The molecule has 28 heavy (non-hydrogen) atoms. The van der Waals surface area contributed by atoms with E-state index >= 15 is 0 Å².